The van der Waals surface area contributed by atoms with Gasteiger partial charge in [0.05, 0.1) is 0 Å². The number of imide groups is 1. The molecule has 0 bridgehead atoms. The molecule has 2 amide bonds. The van der Waals surface area contributed by atoms with Crippen molar-refractivity contribution in [1.29, 1.82) is 0 Å². The molecule has 0 fully saturated rings. The molecule has 10 heavy (non-hydrogen) atoms. The van der Waals surface area contributed by atoms with Crippen LogP contribution in [-0.4, -0.2) is 23.3 Å². The zero-order chi connectivity index (χ0) is 7.72. The minimum atomic E-state index is -0.394. The van der Waals surface area contributed by atoms with Gasteiger partial charge < -0.3 is 0 Å². The number of nitrogens with zero attached hydrogens (tertiary/aromatic N) is 1. The van der Waals surface area contributed by atoms with Gasteiger partial charge >= 0.3 is 0 Å². The fourth-order valence-corrected chi connectivity index (χ4v) is 0.972. The normalized spacial score (nSPS) is 18.2. The van der Waals surface area contributed by atoms with Gasteiger partial charge in [-0.25, -0.2) is 0 Å². The molecular weight excluding hydrogens is 154 g/mol. The monoisotopic (exact) mass is 159 g/mol. The van der Waals surface area contributed by atoms with Crippen molar-refractivity contribution < 1.29 is 9.59 Å². The highest BCUT2D eigenvalue weighted by Gasteiger charge is 2.27. The molecule has 0 aromatic rings. The molecule has 1 aliphatic heterocycles. The van der Waals surface area contributed by atoms with Crippen LogP contribution in [0.2, 0.25) is 0 Å². The molecule has 0 saturated carbocycles. The lowest BCUT2D eigenvalue weighted by atomic mass is 10.5. The zero-order valence-electron chi connectivity index (χ0n) is 5.43. The average Bonchev–Trinajstić information content (AvgIpc) is 2.09. The van der Waals surface area contributed by atoms with Crippen LogP contribution >= 0.6 is 11.6 Å². The van der Waals surface area contributed by atoms with Gasteiger partial charge in [-0.3, -0.25) is 14.5 Å². The van der Waals surface area contributed by atoms with Crippen LogP contribution in [-0.2, 0) is 9.59 Å². The van der Waals surface area contributed by atoms with Crippen molar-refractivity contribution >= 4 is 23.4 Å². The number of amides is 2. The molecule has 0 saturated heterocycles. The maximum atomic E-state index is 10.9. The predicted molar refractivity (Wildman–Crippen MR) is 36.3 cm³/mol. The quantitative estimate of drug-likeness (QED) is 0.523. The molecule has 0 aromatic heterocycles. The summed E-state index contributed by atoms with van der Waals surface area (Å²) in [5, 5.41) is 0.00634. The van der Waals surface area contributed by atoms with E-state index in [0.29, 0.717) is 6.54 Å². The number of rotatable bonds is 1. The standard InChI is InChI=1S/C6H6ClNO2/c1-2-8-5(9)3-4(7)6(8)10/h3H,2H2,1H3. The van der Waals surface area contributed by atoms with Gasteiger partial charge in [0, 0.05) is 12.6 Å². The summed E-state index contributed by atoms with van der Waals surface area (Å²) in [5.41, 5.74) is 0. The summed E-state index contributed by atoms with van der Waals surface area (Å²) in [7, 11) is 0. The molecule has 0 aromatic carbocycles. The van der Waals surface area contributed by atoms with Crippen LogP contribution in [0, 0.1) is 0 Å². The van der Waals surface area contributed by atoms with Crippen LogP contribution in [0.3, 0.4) is 0 Å². The van der Waals surface area contributed by atoms with Crippen LogP contribution in [0.1, 0.15) is 6.92 Å². The molecular formula is C6H6ClNO2. The van der Waals surface area contributed by atoms with E-state index in [2.05, 4.69) is 0 Å². The molecule has 0 aliphatic carbocycles. The number of hydrogen-bond donors (Lipinski definition) is 0. The van der Waals surface area contributed by atoms with Crippen molar-refractivity contribution in [3.8, 4) is 0 Å². The molecule has 0 spiro atoms. The second-order valence-electron chi connectivity index (χ2n) is 1.88. The highest BCUT2D eigenvalue weighted by Crippen LogP contribution is 2.14. The first-order valence-corrected chi connectivity index (χ1v) is 3.27. The summed E-state index contributed by atoms with van der Waals surface area (Å²) < 4.78 is 0. The number of hydrogen-bond acceptors (Lipinski definition) is 2. The predicted octanol–water partition coefficient (Wildman–Crippen LogP) is 0.498. The Morgan fingerprint density at radius 1 is 1.60 bits per heavy atom. The third-order valence-corrected chi connectivity index (χ3v) is 1.55. The highest BCUT2D eigenvalue weighted by molar-refractivity contribution is 6.46. The zero-order valence-corrected chi connectivity index (χ0v) is 6.18. The summed E-state index contributed by atoms with van der Waals surface area (Å²) in [6.07, 6.45) is 1.13. The number of carbonyl (C=O) groups excluding carboxylic acids is 2. The minimum Gasteiger partial charge on any atom is -0.274 e. The summed E-state index contributed by atoms with van der Waals surface area (Å²) in [5.74, 6) is -0.716. The van der Waals surface area contributed by atoms with E-state index in [4.69, 9.17) is 11.6 Å². The third kappa shape index (κ3) is 0.926. The first-order chi connectivity index (χ1) is 4.66. The second-order valence-corrected chi connectivity index (χ2v) is 2.29. The van der Waals surface area contributed by atoms with Crippen molar-refractivity contribution in [3.63, 3.8) is 0 Å². The van der Waals surface area contributed by atoms with Crippen LogP contribution < -0.4 is 0 Å². The fourth-order valence-electron chi connectivity index (χ4n) is 0.777. The molecule has 54 valence electrons. The summed E-state index contributed by atoms with van der Waals surface area (Å²) >= 11 is 5.38. The van der Waals surface area contributed by atoms with E-state index in [9.17, 15) is 9.59 Å². The van der Waals surface area contributed by atoms with Crippen LogP contribution in [0.4, 0.5) is 0 Å². The SMILES string of the molecule is CCN1C(=O)C=C(Cl)C1=O. The van der Waals surface area contributed by atoms with Crippen LogP contribution in [0.15, 0.2) is 11.1 Å². The lowest BCUT2D eigenvalue weighted by molar-refractivity contribution is -0.136. The molecule has 4 heteroatoms. The summed E-state index contributed by atoms with van der Waals surface area (Å²) in [6, 6.07) is 0. The van der Waals surface area contributed by atoms with E-state index in [0.717, 1.165) is 11.0 Å². The van der Waals surface area contributed by atoms with Gasteiger partial charge in [-0.2, -0.15) is 0 Å². The van der Waals surface area contributed by atoms with E-state index < -0.39 is 5.91 Å². The van der Waals surface area contributed by atoms with Crippen molar-refractivity contribution in [1.82, 2.24) is 4.90 Å². The smallest absolute Gasteiger partial charge is 0.272 e. The van der Waals surface area contributed by atoms with E-state index in [1.54, 1.807) is 6.92 Å². The highest BCUT2D eigenvalue weighted by atomic mass is 35.5. The first-order valence-electron chi connectivity index (χ1n) is 2.90. The Labute approximate surface area is 63.3 Å². The van der Waals surface area contributed by atoms with Gasteiger partial charge in [-0.15, -0.1) is 0 Å². The summed E-state index contributed by atoms with van der Waals surface area (Å²) in [6.45, 7) is 2.10. The molecule has 0 N–H and O–H groups in total. The Hall–Kier alpha value is -0.830. The molecule has 1 rings (SSSR count). The lowest BCUT2D eigenvalue weighted by Gasteiger charge is -2.08. The van der Waals surface area contributed by atoms with E-state index >= 15 is 0 Å². The van der Waals surface area contributed by atoms with Crippen molar-refractivity contribution in [2.75, 3.05) is 6.54 Å². The molecule has 1 aliphatic rings. The van der Waals surface area contributed by atoms with Crippen molar-refractivity contribution in [2.24, 2.45) is 0 Å². The van der Waals surface area contributed by atoms with Gasteiger partial charge in [0.25, 0.3) is 11.8 Å². The first kappa shape index (κ1) is 7.28. The van der Waals surface area contributed by atoms with Gasteiger partial charge in [-0.1, -0.05) is 11.6 Å². The summed E-state index contributed by atoms with van der Waals surface area (Å²) in [4.78, 5) is 22.7. The Bertz CT molecular complexity index is 222. The van der Waals surface area contributed by atoms with Crippen LogP contribution in [0.25, 0.3) is 0 Å². The Morgan fingerprint density at radius 3 is 2.40 bits per heavy atom. The van der Waals surface area contributed by atoms with E-state index in [1.165, 1.54) is 0 Å². The van der Waals surface area contributed by atoms with Gasteiger partial charge in [0.2, 0.25) is 0 Å². The van der Waals surface area contributed by atoms with Crippen molar-refractivity contribution in [2.45, 2.75) is 6.92 Å². The Balaban J connectivity index is 2.87. The average molecular weight is 160 g/mol. The molecule has 1 heterocycles. The second kappa shape index (κ2) is 2.42. The van der Waals surface area contributed by atoms with Gasteiger partial charge in [0.1, 0.15) is 5.03 Å². The lowest BCUT2D eigenvalue weighted by Crippen LogP contribution is -2.29. The topological polar surface area (TPSA) is 37.4 Å². The van der Waals surface area contributed by atoms with Gasteiger partial charge in [-0.05, 0) is 6.92 Å². The number of carbonyl (C=O) groups is 2. The largest absolute Gasteiger partial charge is 0.274 e. The fraction of sp³-hybridized carbons (Fsp3) is 0.333. The van der Waals surface area contributed by atoms with Gasteiger partial charge in [0.15, 0.2) is 0 Å². The number of likely N-dealkylation sites (N-methyl/N-ethyl adjacent to an activating group) is 1. The maximum absolute atomic E-state index is 10.9. The minimum absolute atomic E-state index is 0.00634. The molecule has 0 atom stereocenters. The Morgan fingerprint density at radius 2 is 2.20 bits per heavy atom. The molecule has 3 nitrogen and oxygen atoms in total. The van der Waals surface area contributed by atoms with Crippen molar-refractivity contribution in [3.05, 3.63) is 11.1 Å². The molecule has 0 radical (unpaired) electrons. The van der Waals surface area contributed by atoms with E-state index in [-0.39, 0.29) is 10.9 Å². The Kier molecular flexibility index (Phi) is 1.76. The van der Waals surface area contributed by atoms with E-state index in [1.807, 2.05) is 0 Å². The third-order valence-electron chi connectivity index (χ3n) is 1.28. The van der Waals surface area contributed by atoms with Crippen LogP contribution in [0.5, 0.6) is 0 Å². The maximum Gasteiger partial charge on any atom is 0.272 e. The molecule has 0 unspecified atom stereocenters. The number of halogens is 1.